The fourth-order valence-electron chi connectivity index (χ4n) is 2.52. The van der Waals surface area contributed by atoms with E-state index in [0.29, 0.717) is 24.5 Å². The Labute approximate surface area is 150 Å². The Morgan fingerprint density at radius 3 is 2.65 bits per heavy atom. The Balaban J connectivity index is 1.44. The van der Waals surface area contributed by atoms with E-state index in [1.54, 1.807) is 6.07 Å². The number of hydrogen-bond donors (Lipinski definition) is 2. The van der Waals surface area contributed by atoms with Crippen LogP contribution in [0.25, 0.3) is 0 Å². The Bertz CT molecular complexity index is 787. The zero-order valence-electron chi connectivity index (χ0n) is 14.1. The van der Waals surface area contributed by atoms with E-state index >= 15 is 0 Å². The van der Waals surface area contributed by atoms with Crippen LogP contribution >= 0.6 is 0 Å². The number of benzene rings is 1. The van der Waals surface area contributed by atoms with Crippen LogP contribution in [0.3, 0.4) is 0 Å². The lowest BCUT2D eigenvalue weighted by molar-refractivity contribution is -0.133. The van der Waals surface area contributed by atoms with E-state index in [2.05, 4.69) is 10.9 Å². The molecule has 136 valence electrons. The molecule has 1 aliphatic rings. The fourth-order valence-corrected chi connectivity index (χ4v) is 2.52. The first-order chi connectivity index (χ1) is 12.6. The third kappa shape index (κ3) is 4.62. The molecule has 1 fully saturated rings. The zero-order valence-corrected chi connectivity index (χ0v) is 14.1. The molecule has 1 aromatic carbocycles. The van der Waals surface area contributed by atoms with Crippen molar-refractivity contribution in [2.24, 2.45) is 0 Å². The highest BCUT2D eigenvalue weighted by Crippen LogP contribution is 2.14. The lowest BCUT2D eigenvalue weighted by Gasteiger charge is -2.14. The van der Waals surface area contributed by atoms with Crippen molar-refractivity contribution in [2.45, 2.75) is 19.4 Å². The minimum atomic E-state index is -0.586. The maximum Gasteiger partial charge on any atom is 0.305 e. The Kier molecular flexibility index (Phi) is 5.52. The standard InChI is InChI=1S/C18H19N3O5/c22-16(11-21-10-4-7-17(21)23)19-20-18(24)15-9-8-14(26-15)12-25-13-5-2-1-3-6-13/h1-3,5-6,8-9H,4,7,10-12H2,(H,19,22)(H,20,24). The van der Waals surface area contributed by atoms with Gasteiger partial charge in [-0.2, -0.15) is 0 Å². The summed E-state index contributed by atoms with van der Waals surface area (Å²) in [6.07, 6.45) is 1.21. The fraction of sp³-hybridized carbons (Fsp3) is 0.278. The third-order valence-electron chi connectivity index (χ3n) is 3.83. The Morgan fingerprint density at radius 1 is 1.12 bits per heavy atom. The summed E-state index contributed by atoms with van der Waals surface area (Å²) in [4.78, 5) is 36.7. The molecule has 2 aromatic rings. The van der Waals surface area contributed by atoms with Crippen molar-refractivity contribution in [2.75, 3.05) is 13.1 Å². The third-order valence-corrected chi connectivity index (χ3v) is 3.83. The average Bonchev–Trinajstić information content (AvgIpc) is 3.28. The van der Waals surface area contributed by atoms with E-state index in [-0.39, 0.29) is 24.8 Å². The van der Waals surface area contributed by atoms with Crippen LogP contribution in [0.15, 0.2) is 46.9 Å². The van der Waals surface area contributed by atoms with Gasteiger partial charge in [0, 0.05) is 13.0 Å². The van der Waals surface area contributed by atoms with Crippen molar-refractivity contribution in [3.8, 4) is 5.75 Å². The second-order valence-corrected chi connectivity index (χ2v) is 5.79. The molecule has 8 nitrogen and oxygen atoms in total. The number of amides is 3. The van der Waals surface area contributed by atoms with Gasteiger partial charge >= 0.3 is 5.91 Å². The molecule has 0 unspecified atom stereocenters. The second kappa shape index (κ2) is 8.19. The summed E-state index contributed by atoms with van der Waals surface area (Å²) in [5.74, 6) is 0.117. The van der Waals surface area contributed by atoms with Crippen LogP contribution in [0.5, 0.6) is 5.75 Å². The summed E-state index contributed by atoms with van der Waals surface area (Å²) in [5.41, 5.74) is 4.54. The number of furan rings is 1. The highest BCUT2D eigenvalue weighted by atomic mass is 16.5. The van der Waals surface area contributed by atoms with E-state index in [4.69, 9.17) is 9.15 Å². The number of nitrogens with zero attached hydrogens (tertiary/aromatic N) is 1. The molecule has 8 heteroatoms. The van der Waals surface area contributed by atoms with Crippen molar-refractivity contribution in [1.29, 1.82) is 0 Å². The molecular weight excluding hydrogens is 338 g/mol. The minimum Gasteiger partial charge on any atom is -0.486 e. The number of carbonyl (C=O) groups is 3. The van der Waals surface area contributed by atoms with Gasteiger partial charge in [-0.05, 0) is 30.7 Å². The number of para-hydroxylation sites is 1. The molecule has 3 rings (SSSR count). The van der Waals surface area contributed by atoms with E-state index < -0.39 is 11.8 Å². The molecule has 3 amide bonds. The van der Waals surface area contributed by atoms with Crippen molar-refractivity contribution >= 4 is 17.7 Å². The monoisotopic (exact) mass is 357 g/mol. The highest BCUT2D eigenvalue weighted by molar-refractivity contribution is 5.93. The molecule has 0 spiro atoms. The Morgan fingerprint density at radius 2 is 1.92 bits per heavy atom. The molecule has 0 saturated carbocycles. The summed E-state index contributed by atoms with van der Waals surface area (Å²) in [6.45, 7) is 0.664. The normalized spacial score (nSPS) is 13.5. The zero-order chi connectivity index (χ0) is 18.4. The first-order valence-corrected chi connectivity index (χ1v) is 8.25. The van der Waals surface area contributed by atoms with Gasteiger partial charge in [0.05, 0.1) is 0 Å². The van der Waals surface area contributed by atoms with Crippen molar-refractivity contribution < 1.29 is 23.5 Å². The van der Waals surface area contributed by atoms with E-state index in [0.717, 1.165) is 6.42 Å². The van der Waals surface area contributed by atoms with Crippen LogP contribution in [0.1, 0.15) is 29.2 Å². The van der Waals surface area contributed by atoms with Crippen LogP contribution in [0.2, 0.25) is 0 Å². The van der Waals surface area contributed by atoms with Gasteiger partial charge in [-0.1, -0.05) is 18.2 Å². The average molecular weight is 357 g/mol. The number of hydrazine groups is 1. The van der Waals surface area contributed by atoms with Gasteiger partial charge in [0.15, 0.2) is 5.76 Å². The van der Waals surface area contributed by atoms with Crippen LogP contribution in [-0.2, 0) is 16.2 Å². The molecular formula is C18H19N3O5. The summed E-state index contributed by atoms with van der Waals surface area (Å²) in [5, 5.41) is 0. The van der Waals surface area contributed by atoms with Crippen molar-refractivity contribution in [1.82, 2.24) is 15.8 Å². The largest absolute Gasteiger partial charge is 0.486 e. The van der Waals surface area contributed by atoms with Gasteiger partial charge in [-0.25, -0.2) is 0 Å². The summed E-state index contributed by atoms with van der Waals surface area (Å²) < 4.78 is 10.9. The molecule has 0 aliphatic carbocycles. The van der Waals surface area contributed by atoms with Crippen LogP contribution in [0.4, 0.5) is 0 Å². The molecule has 0 bridgehead atoms. The maximum atomic E-state index is 12.0. The van der Waals surface area contributed by atoms with Crippen LogP contribution < -0.4 is 15.6 Å². The first-order valence-electron chi connectivity index (χ1n) is 8.25. The molecule has 2 N–H and O–H groups in total. The van der Waals surface area contributed by atoms with Gasteiger partial charge in [0.1, 0.15) is 24.7 Å². The summed E-state index contributed by atoms with van der Waals surface area (Å²) >= 11 is 0. The molecule has 2 heterocycles. The minimum absolute atomic E-state index is 0.0502. The quantitative estimate of drug-likeness (QED) is 0.758. The molecule has 26 heavy (non-hydrogen) atoms. The lowest BCUT2D eigenvalue weighted by atomic mass is 10.3. The summed E-state index contributed by atoms with van der Waals surface area (Å²) in [7, 11) is 0. The van der Waals surface area contributed by atoms with Crippen molar-refractivity contribution in [3.05, 3.63) is 54.0 Å². The summed E-state index contributed by atoms with van der Waals surface area (Å²) in [6, 6.07) is 12.4. The predicted octanol–water partition coefficient (Wildman–Crippen LogP) is 1.24. The Hall–Kier alpha value is -3.29. The topological polar surface area (TPSA) is 101 Å². The molecule has 1 aliphatic heterocycles. The molecule has 1 saturated heterocycles. The smallest absolute Gasteiger partial charge is 0.305 e. The van der Waals surface area contributed by atoms with Gasteiger partial charge < -0.3 is 14.1 Å². The number of ether oxygens (including phenoxy) is 1. The van der Waals surface area contributed by atoms with Gasteiger partial charge in [-0.3, -0.25) is 25.2 Å². The van der Waals surface area contributed by atoms with E-state index in [1.807, 2.05) is 30.3 Å². The number of carbonyl (C=O) groups excluding carboxylic acids is 3. The molecule has 1 aromatic heterocycles. The van der Waals surface area contributed by atoms with Crippen molar-refractivity contribution in [3.63, 3.8) is 0 Å². The number of nitrogens with one attached hydrogen (secondary N) is 2. The number of rotatable bonds is 6. The predicted molar refractivity (Wildman–Crippen MR) is 90.9 cm³/mol. The second-order valence-electron chi connectivity index (χ2n) is 5.79. The first kappa shape index (κ1) is 17.5. The molecule has 0 radical (unpaired) electrons. The SMILES string of the molecule is O=C(CN1CCCC1=O)NNC(=O)c1ccc(COc2ccccc2)o1. The molecule has 0 atom stereocenters. The maximum absolute atomic E-state index is 12.0. The van der Waals surface area contributed by atoms with E-state index in [9.17, 15) is 14.4 Å². The van der Waals surface area contributed by atoms with Crippen LogP contribution in [0, 0.1) is 0 Å². The van der Waals surface area contributed by atoms with Gasteiger partial charge in [-0.15, -0.1) is 0 Å². The van der Waals surface area contributed by atoms with Crippen LogP contribution in [-0.4, -0.2) is 35.7 Å². The van der Waals surface area contributed by atoms with Gasteiger partial charge in [0.2, 0.25) is 5.91 Å². The highest BCUT2D eigenvalue weighted by Gasteiger charge is 2.22. The lowest BCUT2D eigenvalue weighted by Crippen LogP contribution is -2.46. The van der Waals surface area contributed by atoms with E-state index in [1.165, 1.54) is 11.0 Å². The number of hydrogen-bond acceptors (Lipinski definition) is 5. The van der Waals surface area contributed by atoms with Gasteiger partial charge in [0.25, 0.3) is 5.91 Å². The number of likely N-dealkylation sites (tertiary alicyclic amines) is 1.